The van der Waals surface area contributed by atoms with Gasteiger partial charge in [-0.2, -0.15) is 5.10 Å². The molecular weight excluding hydrogens is 425 g/mol. The lowest BCUT2D eigenvalue weighted by Crippen LogP contribution is -2.24. The fourth-order valence-electron chi connectivity index (χ4n) is 2.98. The van der Waals surface area contributed by atoms with Crippen LogP contribution in [0.5, 0.6) is 11.5 Å². The number of carbonyl (C=O) groups is 1. The molecule has 0 fully saturated rings. The number of nitrogens with one attached hydrogen (secondary N) is 1. The molecule has 8 heteroatoms. The molecule has 1 heterocycles. The third-order valence-corrected chi connectivity index (χ3v) is 5.27. The molecule has 0 saturated heterocycles. The van der Waals surface area contributed by atoms with E-state index in [1.54, 1.807) is 43.7 Å². The van der Waals surface area contributed by atoms with Crippen molar-refractivity contribution in [1.29, 1.82) is 0 Å². The number of halogens is 2. The Kier molecular flexibility index (Phi) is 7.03. The summed E-state index contributed by atoms with van der Waals surface area (Å²) in [6, 6.07) is 14.4. The Balaban J connectivity index is 1.63. The number of rotatable bonds is 7. The maximum Gasteiger partial charge on any atom is 0.277 e. The Morgan fingerprint density at radius 2 is 1.83 bits per heavy atom. The number of hydrazone groups is 1. The van der Waals surface area contributed by atoms with Gasteiger partial charge in [0.25, 0.3) is 5.91 Å². The topological polar surface area (TPSA) is 64.8 Å². The molecule has 6 nitrogen and oxygen atoms in total. The summed E-state index contributed by atoms with van der Waals surface area (Å²) in [6.45, 7) is 3.75. The number of nitrogens with zero attached hydrogens (tertiary/aromatic N) is 2. The molecule has 0 bridgehead atoms. The molecule has 1 N–H and O–H groups in total. The molecule has 0 radical (unpaired) electrons. The second-order valence-corrected chi connectivity index (χ2v) is 7.28. The molecule has 3 rings (SSSR count). The predicted octanol–water partition coefficient (Wildman–Crippen LogP) is 4.94. The quantitative estimate of drug-likeness (QED) is 0.413. The summed E-state index contributed by atoms with van der Waals surface area (Å²) in [5.41, 5.74) is 5.98. The van der Waals surface area contributed by atoms with Crippen LogP contribution in [0, 0.1) is 13.8 Å². The summed E-state index contributed by atoms with van der Waals surface area (Å²) >= 11 is 12.5. The van der Waals surface area contributed by atoms with Gasteiger partial charge in [0.05, 0.1) is 29.1 Å². The SMILES string of the molecule is COc1ccc(OCC(=O)N/N=C\c2cc(C)n(-c3cccc(Cl)c3Cl)c2C)cc1. The fourth-order valence-corrected chi connectivity index (χ4v) is 3.36. The van der Waals surface area contributed by atoms with Crippen molar-refractivity contribution in [2.24, 2.45) is 5.10 Å². The van der Waals surface area contributed by atoms with E-state index in [0.717, 1.165) is 22.6 Å². The minimum absolute atomic E-state index is 0.152. The highest BCUT2D eigenvalue weighted by molar-refractivity contribution is 6.43. The first-order chi connectivity index (χ1) is 14.4. The molecule has 3 aromatic rings. The zero-order valence-electron chi connectivity index (χ0n) is 16.8. The number of benzene rings is 2. The van der Waals surface area contributed by atoms with Crippen LogP contribution in [-0.4, -0.2) is 30.4 Å². The van der Waals surface area contributed by atoms with Crippen molar-refractivity contribution >= 4 is 35.3 Å². The highest BCUT2D eigenvalue weighted by Crippen LogP contribution is 2.31. The minimum atomic E-state index is -0.367. The number of hydrogen-bond donors (Lipinski definition) is 1. The Bertz CT molecular complexity index is 1080. The molecule has 0 atom stereocenters. The van der Waals surface area contributed by atoms with Crippen LogP contribution in [0.2, 0.25) is 10.0 Å². The van der Waals surface area contributed by atoms with E-state index in [-0.39, 0.29) is 12.5 Å². The summed E-state index contributed by atoms with van der Waals surface area (Å²) in [5.74, 6) is 0.915. The van der Waals surface area contributed by atoms with E-state index in [4.69, 9.17) is 32.7 Å². The van der Waals surface area contributed by atoms with Gasteiger partial charge < -0.3 is 14.0 Å². The van der Waals surface area contributed by atoms with Crippen molar-refractivity contribution in [2.45, 2.75) is 13.8 Å². The first-order valence-corrected chi connectivity index (χ1v) is 9.88. The van der Waals surface area contributed by atoms with Crippen molar-refractivity contribution in [3.8, 4) is 17.2 Å². The van der Waals surface area contributed by atoms with Gasteiger partial charge in [0.15, 0.2) is 6.61 Å². The van der Waals surface area contributed by atoms with E-state index in [1.807, 2.05) is 36.6 Å². The minimum Gasteiger partial charge on any atom is -0.497 e. The number of hydrogen-bond acceptors (Lipinski definition) is 4. The number of carbonyl (C=O) groups excluding carboxylic acids is 1. The van der Waals surface area contributed by atoms with Crippen LogP contribution in [0.1, 0.15) is 17.0 Å². The fraction of sp³-hybridized carbons (Fsp3) is 0.182. The summed E-state index contributed by atoms with van der Waals surface area (Å²) in [7, 11) is 1.59. The molecule has 0 unspecified atom stereocenters. The number of ether oxygens (including phenoxy) is 2. The Morgan fingerprint density at radius 1 is 1.13 bits per heavy atom. The zero-order valence-corrected chi connectivity index (χ0v) is 18.3. The highest BCUT2D eigenvalue weighted by atomic mass is 35.5. The van der Waals surface area contributed by atoms with Crippen LogP contribution >= 0.6 is 23.2 Å². The van der Waals surface area contributed by atoms with E-state index >= 15 is 0 Å². The zero-order chi connectivity index (χ0) is 21.7. The van der Waals surface area contributed by atoms with E-state index in [2.05, 4.69) is 10.5 Å². The molecule has 0 aliphatic rings. The van der Waals surface area contributed by atoms with Gasteiger partial charge in [-0.05, 0) is 56.3 Å². The first kappa shape index (κ1) is 21.7. The maximum atomic E-state index is 12.0. The van der Waals surface area contributed by atoms with Crippen molar-refractivity contribution in [1.82, 2.24) is 9.99 Å². The summed E-state index contributed by atoms with van der Waals surface area (Å²) in [6.07, 6.45) is 1.59. The number of amides is 1. The van der Waals surface area contributed by atoms with Gasteiger partial charge in [-0.1, -0.05) is 29.3 Å². The van der Waals surface area contributed by atoms with Crippen LogP contribution in [-0.2, 0) is 4.79 Å². The molecule has 156 valence electrons. The van der Waals surface area contributed by atoms with Gasteiger partial charge in [-0.3, -0.25) is 4.79 Å². The molecule has 0 spiro atoms. The van der Waals surface area contributed by atoms with E-state index in [1.165, 1.54) is 0 Å². The lowest BCUT2D eigenvalue weighted by Gasteiger charge is -2.12. The summed E-state index contributed by atoms with van der Waals surface area (Å²) < 4.78 is 12.5. The number of aryl methyl sites for hydroxylation is 1. The molecule has 1 amide bonds. The largest absolute Gasteiger partial charge is 0.497 e. The van der Waals surface area contributed by atoms with Gasteiger partial charge in [0, 0.05) is 17.0 Å². The van der Waals surface area contributed by atoms with Gasteiger partial charge in [-0.25, -0.2) is 5.43 Å². The molecule has 0 saturated carbocycles. The van der Waals surface area contributed by atoms with Crippen molar-refractivity contribution in [2.75, 3.05) is 13.7 Å². The third-order valence-electron chi connectivity index (χ3n) is 4.46. The maximum absolute atomic E-state index is 12.0. The van der Waals surface area contributed by atoms with Gasteiger partial charge in [-0.15, -0.1) is 0 Å². The van der Waals surface area contributed by atoms with Gasteiger partial charge in [0.2, 0.25) is 0 Å². The van der Waals surface area contributed by atoms with Crippen LogP contribution in [0.25, 0.3) is 5.69 Å². The average molecular weight is 446 g/mol. The normalized spacial score (nSPS) is 11.0. The lowest BCUT2D eigenvalue weighted by atomic mass is 10.2. The standard InChI is InChI=1S/C22H21Cl2N3O3/c1-14-11-16(15(2)27(14)20-6-4-5-19(23)22(20)24)12-25-26-21(28)13-30-18-9-7-17(29-3)8-10-18/h4-12H,13H2,1-3H3,(H,26,28)/b25-12-. The number of aromatic nitrogens is 1. The molecule has 30 heavy (non-hydrogen) atoms. The smallest absolute Gasteiger partial charge is 0.277 e. The second kappa shape index (κ2) is 9.69. The van der Waals surface area contributed by atoms with Gasteiger partial charge in [0.1, 0.15) is 11.5 Å². The van der Waals surface area contributed by atoms with E-state index < -0.39 is 0 Å². The Labute approximate surface area is 185 Å². The highest BCUT2D eigenvalue weighted by Gasteiger charge is 2.13. The Hall–Kier alpha value is -2.96. The lowest BCUT2D eigenvalue weighted by molar-refractivity contribution is -0.123. The first-order valence-electron chi connectivity index (χ1n) is 9.12. The van der Waals surface area contributed by atoms with Crippen molar-refractivity contribution in [3.63, 3.8) is 0 Å². The van der Waals surface area contributed by atoms with E-state index in [0.29, 0.717) is 21.5 Å². The second-order valence-electron chi connectivity index (χ2n) is 6.49. The number of methoxy groups -OCH3 is 1. The van der Waals surface area contributed by atoms with Crippen LogP contribution in [0.4, 0.5) is 0 Å². The molecule has 1 aromatic heterocycles. The van der Waals surface area contributed by atoms with Crippen LogP contribution in [0.15, 0.2) is 53.6 Å². The van der Waals surface area contributed by atoms with E-state index in [9.17, 15) is 4.79 Å². The summed E-state index contributed by atoms with van der Waals surface area (Å²) in [4.78, 5) is 12.0. The molecular formula is C22H21Cl2N3O3. The summed E-state index contributed by atoms with van der Waals surface area (Å²) in [5, 5.41) is 5.00. The third kappa shape index (κ3) is 4.96. The van der Waals surface area contributed by atoms with Crippen LogP contribution in [0.3, 0.4) is 0 Å². The monoisotopic (exact) mass is 445 g/mol. The Morgan fingerprint density at radius 3 is 2.53 bits per heavy atom. The van der Waals surface area contributed by atoms with Gasteiger partial charge >= 0.3 is 0 Å². The van der Waals surface area contributed by atoms with Crippen molar-refractivity contribution in [3.05, 3.63) is 75.5 Å². The van der Waals surface area contributed by atoms with Crippen LogP contribution < -0.4 is 14.9 Å². The average Bonchev–Trinajstić information content (AvgIpc) is 3.02. The molecule has 0 aliphatic carbocycles. The van der Waals surface area contributed by atoms with Crippen molar-refractivity contribution < 1.29 is 14.3 Å². The molecule has 0 aliphatic heterocycles. The predicted molar refractivity (Wildman–Crippen MR) is 119 cm³/mol. The molecule has 2 aromatic carbocycles.